The summed E-state index contributed by atoms with van der Waals surface area (Å²) < 4.78 is 0. The van der Waals surface area contributed by atoms with Crippen LogP contribution in [0.25, 0.3) is 22.3 Å². The molecule has 0 amide bonds. The summed E-state index contributed by atoms with van der Waals surface area (Å²) >= 11 is 0. The van der Waals surface area contributed by atoms with E-state index in [1.165, 1.54) is 106 Å². The van der Waals surface area contributed by atoms with Crippen LogP contribution in [0.3, 0.4) is 0 Å². The summed E-state index contributed by atoms with van der Waals surface area (Å²) in [4.78, 5) is 0. The SMILES string of the molecule is Cc1ccc(C2(c3ccc(Cc4ccc5c(c4)-c4ccc(C)cc4C5(c4ccc(C)cc4)c4ccc(C)cc4)cc3)c3ccccc3-c3cc(C)ccc32)cc1. The lowest BCUT2D eigenvalue weighted by Gasteiger charge is -2.34. The Labute approximate surface area is 332 Å². The highest BCUT2D eigenvalue weighted by Gasteiger charge is 2.47. The van der Waals surface area contributed by atoms with E-state index in [-0.39, 0.29) is 0 Å². The van der Waals surface area contributed by atoms with Gasteiger partial charge >= 0.3 is 0 Å². The van der Waals surface area contributed by atoms with Crippen molar-refractivity contribution < 1.29 is 0 Å². The molecule has 0 heterocycles. The van der Waals surface area contributed by atoms with E-state index in [0.717, 1.165) is 6.42 Å². The Morgan fingerprint density at radius 2 is 0.679 bits per heavy atom. The minimum absolute atomic E-state index is 0.392. The molecule has 0 N–H and O–H groups in total. The zero-order valence-electron chi connectivity index (χ0n) is 33.0. The van der Waals surface area contributed by atoms with Crippen molar-refractivity contribution in [1.29, 1.82) is 0 Å². The molecule has 0 fully saturated rings. The summed E-state index contributed by atoms with van der Waals surface area (Å²) in [5.41, 5.74) is 24.3. The monoisotopic (exact) mass is 718 g/mol. The fourth-order valence-corrected chi connectivity index (χ4v) is 10.1. The standard InChI is InChI=1S/C56H46/c1-36-10-21-43(22-11-36)55(51-9-7-6-8-47(51)49-32-39(4)17-30-52(49)55)46-27-18-41(19-28-46)34-42-20-31-53-50(35-42)48-29-16-40(5)33-54(48)56(53,44-23-12-37(2)13-24-44)45-25-14-38(3)15-26-45/h6-33,35H,34H2,1-5H3. The molecule has 0 nitrogen and oxygen atoms in total. The average Bonchev–Trinajstić information content (AvgIpc) is 3.66. The summed E-state index contributed by atoms with van der Waals surface area (Å²) in [6, 6.07) is 67.6. The van der Waals surface area contributed by atoms with E-state index < -0.39 is 10.8 Å². The first-order valence-electron chi connectivity index (χ1n) is 20.0. The van der Waals surface area contributed by atoms with E-state index >= 15 is 0 Å². The maximum Gasteiger partial charge on any atom is 0.0713 e. The van der Waals surface area contributed by atoms with Gasteiger partial charge in [-0.1, -0.05) is 204 Å². The molecule has 0 saturated carbocycles. The Morgan fingerprint density at radius 1 is 0.286 bits per heavy atom. The highest BCUT2D eigenvalue weighted by Crippen LogP contribution is 2.58. The fraction of sp³-hybridized carbons (Fsp3) is 0.143. The van der Waals surface area contributed by atoms with Gasteiger partial charge in [0.05, 0.1) is 10.8 Å². The summed E-state index contributed by atoms with van der Waals surface area (Å²) in [6.07, 6.45) is 0.862. The molecule has 1 atom stereocenters. The van der Waals surface area contributed by atoms with Gasteiger partial charge in [-0.3, -0.25) is 0 Å². The molecule has 8 aromatic carbocycles. The predicted molar refractivity (Wildman–Crippen MR) is 234 cm³/mol. The molecule has 56 heavy (non-hydrogen) atoms. The second kappa shape index (κ2) is 12.9. The lowest BCUT2D eigenvalue weighted by Crippen LogP contribution is -2.28. The maximum atomic E-state index is 2.47. The summed E-state index contributed by atoms with van der Waals surface area (Å²) in [5.74, 6) is 0. The Hall–Kier alpha value is -6.24. The van der Waals surface area contributed by atoms with Gasteiger partial charge in [0.15, 0.2) is 0 Å². The van der Waals surface area contributed by atoms with Gasteiger partial charge in [0, 0.05) is 0 Å². The molecular formula is C56H46. The van der Waals surface area contributed by atoms with Crippen LogP contribution in [0, 0.1) is 34.6 Å². The van der Waals surface area contributed by atoms with Crippen molar-refractivity contribution in [2.75, 3.05) is 0 Å². The summed E-state index contributed by atoms with van der Waals surface area (Å²) in [6.45, 7) is 11.0. The van der Waals surface area contributed by atoms with Crippen LogP contribution < -0.4 is 0 Å². The highest BCUT2D eigenvalue weighted by atomic mass is 14.5. The molecule has 2 aliphatic rings. The van der Waals surface area contributed by atoms with E-state index in [0.29, 0.717) is 0 Å². The van der Waals surface area contributed by atoms with Gasteiger partial charge in [-0.15, -0.1) is 0 Å². The molecule has 8 aromatic rings. The van der Waals surface area contributed by atoms with Gasteiger partial charge in [-0.25, -0.2) is 0 Å². The third-order valence-corrected chi connectivity index (χ3v) is 12.8. The van der Waals surface area contributed by atoms with Crippen molar-refractivity contribution in [3.05, 3.63) is 259 Å². The molecule has 0 bridgehead atoms. The number of aryl methyl sites for hydroxylation is 5. The van der Waals surface area contributed by atoms with Crippen LogP contribution >= 0.6 is 0 Å². The largest absolute Gasteiger partial charge is 0.0713 e. The molecule has 0 heteroatoms. The Morgan fingerprint density at radius 3 is 1.27 bits per heavy atom. The van der Waals surface area contributed by atoms with Crippen LogP contribution in [0.4, 0.5) is 0 Å². The minimum atomic E-state index is -0.394. The first kappa shape index (κ1) is 34.3. The molecule has 0 saturated heterocycles. The average molecular weight is 719 g/mol. The van der Waals surface area contributed by atoms with E-state index in [4.69, 9.17) is 0 Å². The van der Waals surface area contributed by atoms with Gasteiger partial charge in [0.25, 0.3) is 0 Å². The van der Waals surface area contributed by atoms with Crippen molar-refractivity contribution in [2.24, 2.45) is 0 Å². The molecule has 0 aromatic heterocycles. The van der Waals surface area contributed by atoms with E-state index in [9.17, 15) is 0 Å². The number of hydrogen-bond donors (Lipinski definition) is 0. The minimum Gasteiger partial charge on any atom is -0.0619 e. The third kappa shape index (κ3) is 5.05. The van der Waals surface area contributed by atoms with E-state index in [1.807, 2.05) is 0 Å². The topological polar surface area (TPSA) is 0 Å². The molecule has 0 spiro atoms. The quantitative estimate of drug-likeness (QED) is 0.161. The van der Waals surface area contributed by atoms with Gasteiger partial charge in [0.1, 0.15) is 0 Å². The number of hydrogen-bond acceptors (Lipinski definition) is 0. The predicted octanol–water partition coefficient (Wildman–Crippen LogP) is 13.5. The van der Waals surface area contributed by atoms with Crippen LogP contribution in [0.1, 0.15) is 83.5 Å². The van der Waals surface area contributed by atoms with Crippen molar-refractivity contribution >= 4 is 0 Å². The molecule has 0 aliphatic heterocycles. The van der Waals surface area contributed by atoms with Crippen molar-refractivity contribution in [3.8, 4) is 22.3 Å². The Kier molecular flexibility index (Phi) is 7.91. The zero-order valence-corrected chi connectivity index (χ0v) is 33.0. The van der Waals surface area contributed by atoms with Gasteiger partial charge in [0.2, 0.25) is 0 Å². The van der Waals surface area contributed by atoms with Crippen LogP contribution in [0.5, 0.6) is 0 Å². The van der Waals surface area contributed by atoms with Gasteiger partial charge in [-0.05, 0) is 119 Å². The van der Waals surface area contributed by atoms with Gasteiger partial charge < -0.3 is 0 Å². The van der Waals surface area contributed by atoms with Crippen LogP contribution in [-0.2, 0) is 17.3 Å². The number of benzene rings is 8. The van der Waals surface area contributed by atoms with Crippen LogP contribution in [-0.4, -0.2) is 0 Å². The Bertz CT molecular complexity index is 2730. The van der Waals surface area contributed by atoms with Crippen molar-refractivity contribution in [1.82, 2.24) is 0 Å². The van der Waals surface area contributed by atoms with Crippen molar-refractivity contribution in [2.45, 2.75) is 51.9 Å². The molecule has 2 aliphatic carbocycles. The number of rotatable bonds is 6. The first-order valence-corrected chi connectivity index (χ1v) is 20.0. The van der Waals surface area contributed by atoms with Crippen LogP contribution in [0.15, 0.2) is 176 Å². The molecule has 0 radical (unpaired) electrons. The van der Waals surface area contributed by atoms with Crippen molar-refractivity contribution in [3.63, 3.8) is 0 Å². The lowest BCUT2D eigenvalue weighted by atomic mass is 9.67. The first-order chi connectivity index (χ1) is 27.3. The van der Waals surface area contributed by atoms with Gasteiger partial charge in [-0.2, -0.15) is 0 Å². The zero-order chi connectivity index (χ0) is 38.2. The fourth-order valence-electron chi connectivity index (χ4n) is 10.1. The molecule has 1 unspecified atom stereocenters. The van der Waals surface area contributed by atoms with E-state index in [2.05, 4.69) is 211 Å². The third-order valence-electron chi connectivity index (χ3n) is 12.8. The molecular weight excluding hydrogens is 673 g/mol. The molecule has 270 valence electrons. The summed E-state index contributed by atoms with van der Waals surface area (Å²) in [7, 11) is 0. The lowest BCUT2D eigenvalue weighted by molar-refractivity contribution is 0.766. The normalized spacial score (nSPS) is 15.9. The molecule has 10 rings (SSSR count). The second-order valence-electron chi connectivity index (χ2n) is 16.5. The maximum absolute atomic E-state index is 2.47. The highest BCUT2D eigenvalue weighted by molar-refractivity contribution is 5.88. The van der Waals surface area contributed by atoms with E-state index in [1.54, 1.807) is 0 Å². The van der Waals surface area contributed by atoms with Crippen LogP contribution in [0.2, 0.25) is 0 Å². The Balaban J connectivity index is 1.09. The smallest absolute Gasteiger partial charge is 0.0619 e. The second-order valence-corrected chi connectivity index (χ2v) is 16.5. The summed E-state index contributed by atoms with van der Waals surface area (Å²) in [5, 5.41) is 0. The number of fused-ring (bicyclic) bond motifs is 6.